The normalized spacial score (nSPS) is 10.1. The van der Waals surface area contributed by atoms with Crippen molar-refractivity contribution in [3.05, 3.63) is 45.6 Å². The van der Waals surface area contributed by atoms with Crippen LogP contribution in [0.15, 0.2) is 28.7 Å². The SMILES string of the molecule is Cc1nn(C)c(OCc2ccccc2Br)c1C#N. The Morgan fingerprint density at radius 1 is 1.44 bits per heavy atom. The fraction of sp³-hybridized carbons (Fsp3) is 0.231. The summed E-state index contributed by atoms with van der Waals surface area (Å²) in [6, 6.07) is 9.94. The van der Waals surface area contributed by atoms with Crippen LogP contribution in [0.4, 0.5) is 0 Å². The van der Waals surface area contributed by atoms with E-state index < -0.39 is 0 Å². The van der Waals surface area contributed by atoms with Gasteiger partial charge in [-0.1, -0.05) is 34.1 Å². The van der Waals surface area contributed by atoms with E-state index in [0.717, 1.165) is 10.0 Å². The fourth-order valence-corrected chi connectivity index (χ4v) is 2.09. The molecule has 2 aromatic rings. The van der Waals surface area contributed by atoms with Gasteiger partial charge in [0.2, 0.25) is 5.88 Å². The van der Waals surface area contributed by atoms with Crippen LogP contribution in [0.2, 0.25) is 0 Å². The second kappa shape index (κ2) is 5.23. The zero-order valence-corrected chi connectivity index (χ0v) is 11.7. The van der Waals surface area contributed by atoms with Gasteiger partial charge in [-0.05, 0) is 13.0 Å². The lowest BCUT2D eigenvalue weighted by atomic mass is 10.2. The quantitative estimate of drug-likeness (QED) is 0.876. The largest absolute Gasteiger partial charge is 0.472 e. The van der Waals surface area contributed by atoms with Crippen molar-refractivity contribution >= 4 is 15.9 Å². The van der Waals surface area contributed by atoms with E-state index in [-0.39, 0.29) is 0 Å². The molecule has 18 heavy (non-hydrogen) atoms. The number of rotatable bonds is 3. The topological polar surface area (TPSA) is 50.8 Å². The second-order valence-corrected chi connectivity index (χ2v) is 4.74. The number of aryl methyl sites for hydroxylation is 2. The van der Waals surface area contributed by atoms with Crippen LogP contribution in [-0.2, 0) is 13.7 Å². The maximum atomic E-state index is 9.07. The average molecular weight is 306 g/mol. The molecule has 92 valence electrons. The molecule has 0 spiro atoms. The highest BCUT2D eigenvalue weighted by Gasteiger charge is 2.14. The Hall–Kier alpha value is -1.80. The molecule has 0 aliphatic rings. The summed E-state index contributed by atoms with van der Waals surface area (Å²) >= 11 is 3.46. The van der Waals surface area contributed by atoms with Gasteiger partial charge in [0, 0.05) is 17.1 Å². The molecule has 2 rings (SSSR count). The van der Waals surface area contributed by atoms with Crippen LogP contribution in [0.3, 0.4) is 0 Å². The van der Waals surface area contributed by atoms with Crippen LogP contribution in [0, 0.1) is 18.3 Å². The van der Waals surface area contributed by atoms with Crippen molar-refractivity contribution in [1.29, 1.82) is 5.26 Å². The van der Waals surface area contributed by atoms with Crippen LogP contribution in [-0.4, -0.2) is 9.78 Å². The van der Waals surface area contributed by atoms with Gasteiger partial charge < -0.3 is 4.74 Å². The summed E-state index contributed by atoms with van der Waals surface area (Å²) < 4.78 is 8.27. The minimum atomic E-state index is 0.398. The van der Waals surface area contributed by atoms with Gasteiger partial charge in [0.05, 0.1) is 5.69 Å². The van der Waals surface area contributed by atoms with Gasteiger partial charge >= 0.3 is 0 Å². The Morgan fingerprint density at radius 3 is 2.83 bits per heavy atom. The molecule has 1 aromatic heterocycles. The summed E-state index contributed by atoms with van der Waals surface area (Å²) in [6.45, 7) is 2.19. The molecule has 1 aromatic carbocycles. The molecule has 0 saturated carbocycles. The number of hydrogen-bond donors (Lipinski definition) is 0. The molecule has 0 fully saturated rings. The lowest BCUT2D eigenvalue weighted by Crippen LogP contribution is -2.02. The number of halogens is 1. The van der Waals surface area contributed by atoms with E-state index >= 15 is 0 Å². The number of hydrogen-bond acceptors (Lipinski definition) is 3. The van der Waals surface area contributed by atoms with Gasteiger partial charge in [0.15, 0.2) is 0 Å². The first kappa shape index (κ1) is 12.7. The van der Waals surface area contributed by atoms with E-state index in [4.69, 9.17) is 10.00 Å². The van der Waals surface area contributed by atoms with E-state index in [1.165, 1.54) is 0 Å². The lowest BCUT2D eigenvalue weighted by molar-refractivity contribution is 0.277. The maximum absolute atomic E-state index is 9.07. The zero-order valence-electron chi connectivity index (χ0n) is 10.1. The van der Waals surface area contributed by atoms with E-state index in [0.29, 0.717) is 23.7 Å². The molecule has 0 bridgehead atoms. The highest BCUT2D eigenvalue weighted by Crippen LogP contribution is 2.23. The van der Waals surface area contributed by atoms with Crippen molar-refractivity contribution in [2.75, 3.05) is 0 Å². The smallest absolute Gasteiger partial charge is 0.230 e. The van der Waals surface area contributed by atoms with Gasteiger partial charge in [-0.15, -0.1) is 0 Å². The number of nitrogens with zero attached hydrogens (tertiary/aromatic N) is 3. The van der Waals surface area contributed by atoms with E-state index in [1.807, 2.05) is 24.3 Å². The monoisotopic (exact) mass is 305 g/mol. The first-order valence-electron chi connectivity index (χ1n) is 5.43. The summed E-state index contributed by atoms with van der Waals surface area (Å²) in [5.41, 5.74) is 2.20. The standard InChI is InChI=1S/C13H12BrN3O/c1-9-11(7-15)13(17(2)16-9)18-8-10-5-3-4-6-12(10)14/h3-6H,8H2,1-2H3. The average Bonchev–Trinajstić information content (AvgIpc) is 2.62. The molecule has 0 aliphatic carbocycles. The molecular formula is C13H12BrN3O. The van der Waals surface area contributed by atoms with Gasteiger partial charge in [0.25, 0.3) is 0 Å². The predicted molar refractivity (Wildman–Crippen MR) is 71.1 cm³/mol. The molecule has 1 heterocycles. The third kappa shape index (κ3) is 2.39. The molecule has 5 heteroatoms. The summed E-state index contributed by atoms with van der Waals surface area (Å²) in [6.07, 6.45) is 0. The summed E-state index contributed by atoms with van der Waals surface area (Å²) in [7, 11) is 1.77. The molecule has 0 N–H and O–H groups in total. The number of aromatic nitrogens is 2. The molecule has 0 radical (unpaired) electrons. The molecular weight excluding hydrogens is 294 g/mol. The van der Waals surface area contributed by atoms with Gasteiger partial charge in [-0.2, -0.15) is 10.4 Å². The first-order valence-corrected chi connectivity index (χ1v) is 6.22. The number of benzene rings is 1. The van der Waals surface area contributed by atoms with Crippen LogP contribution >= 0.6 is 15.9 Å². The van der Waals surface area contributed by atoms with Crippen molar-refractivity contribution in [3.8, 4) is 11.9 Å². The third-order valence-corrected chi connectivity index (χ3v) is 3.38. The summed E-state index contributed by atoms with van der Waals surface area (Å²) in [5, 5.41) is 13.2. The van der Waals surface area contributed by atoms with Crippen LogP contribution in [0.25, 0.3) is 0 Å². The van der Waals surface area contributed by atoms with Crippen molar-refractivity contribution in [2.24, 2.45) is 7.05 Å². The Kier molecular flexibility index (Phi) is 3.68. The minimum absolute atomic E-state index is 0.398. The highest BCUT2D eigenvalue weighted by atomic mass is 79.9. The van der Waals surface area contributed by atoms with Crippen LogP contribution in [0.5, 0.6) is 5.88 Å². The summed E-state index contributed by atoms with van der Waals surface area (Å²) in [5.74, 6) is 0.505. The maximum Gasteiger partial charge on any atom is 0.230 e. The Morgan fingerprint density at radius 2 is 2.17 bits per heavy atom. The van der Waals surface area contributed by atoms with Crippen LogP contribution < -0.4 is 4.74 Å². The third-order valence-electron chi connectivity index (χ3n) is 2.60. The minimum Gasteiger partial charge on any atom is -0.472 e. The molecule has 0 amide bonds. The lowest BCUT2D eigenvalue weighted by Gasteiger charge is -2.08. The van der Waals surface area contributed by atoms with Crippen molar-refractivity contribution < 1.29 is 4.74 Å². The second-order valence-electron chi connectivity index (χ2n) is 3.88. The molecule has 4 nitrogen and oxygen atoms in total. The number of ether oxygens (including phenoxy) is 1. The Bertz CT molecular complexity index is 613. The van der Waals surface area contributed by atoms with Crippen LogP contribution in [0.1, 0.15) is 16.8 Å². The first-order chi connectivity index (χ1) is 8.63. The van der Waals surface area contributed by atoms with Gasteiger partial charge in [0.1, 0.15) is 18.2 Å². The molecule has 0 aliphatic heterocycles. The molecule has 0 saturated heterocycles. The van der Waals surface area contributed by atoms with Gasteiger partial charge in [-0.25, -0.2) is 4.68 Å². The fourth-order valence-electron chi connectivity index (χ4n) is 1.69. The zero-order chi connectivity index (χ0) is 13.1. The number of nitriles is 1. The van der Waals surface area contributed by atoms with Crippen molar-refractivity contribution in [3.63, 3.8) is 0 Å². The van der Waals surface area contributed by atoms with Gasteiger partial charge in [-0.3, -0.25) is 0 Å². The van der Waals surface area contributed by atoms with E-state index in [9.17, 15) is 0 Å². The Labute approximate surface area is 114 Å². The summed E-state index contributed by atoms with van der Waals surface area (Å²) in [4.78, 5) is 0. The Balaban J connectivity index is 2.22. The van der Waals surface area contributed by atoms with Crippen molar-refractivity contribution in [1.82, 2.24) is 9.78 Å². The predicted octanol–water partition coefficient (Wildman–Crippen LogP) is 2.94. The van der Waals surface area contributed by atoms with E-state index in [1.54, 1.807) is 18.7 Å². The highest BCUT2D eigenvalue weighted by molar-refractivity contribution is 9.10. The molecule has 0 atom stereocenters. The van der Waals surface area contributed by atoms with E-state index in [2.05, 4.69) is 27.1 Å². The molecule has 0 unspecified atom stereocenters. The van der Waals surface area contributed by atoms with Crippen molar-refractivity contribution in [2.45, 2.75) is 13.5 Å².